The molecule has 124 valence electrons. The van der Waals surface area contributed by atoms with Gasteiger partial charge in [0.25, 0.3) is 0 Å². The van der Waals surface area contributed by atoms with E-state index in [1.54, 1.807) is 30.4 Å². The minimum absolute atomic E-state index is 0.0701. The van der Waals surface area contributed by atoms with E-state index in [0.29, 0.717) is 10.2 Å². The smallest absolute Gasteiger partial charge is 0.302 e. The Kier molecular flexibility index (Phi) is 3.40. The van der Waals surface area contributed by atoms with Gasteiger partial charge in [0, 0.05) is 11.4 Å². The fraction of sp³-hybridized carbons (Fsp3) is 0.353. The van der Waals surface area contributed by atoms with Crippen LogP contribution in [-0.4, -0.2) is 36.1 Å². The van der Waals surface area contributed by atoms with Crippen molar-refractivity contribution in [3.63, 3.8) is 0 Å². The Bertz CT molecular complexity index is 791. The zero-order valence-corrected chi connectivity index (χ0v) is 14.4. The average Bonchev–Trinajstić information content (AvgIpc) is 3.18. The number of benzene rings is 1. The molecule has 0 aromatic heterocycles. The molecule has 2 saturated heterocycles. The lowest BCUT2D eigenvalue weighted by molar-refractivity contribution is -0.150. The summed E-state index contributed by atoms with van der Waals surface area (Å²) >= 11 is 3.39. The molecule has 2 amide bonds. The number of anilines is 1. The molecule has 24 heavy (non-hydrogen) atoms. The molecule has 0 N–H and O–H groups in total. The summed E-state index contributed by atoms with van der Waals surface area (Å²) in [6.45, 7) is 1.23. The van der Waals surface area contributed by atoms with Crippen LogP contribution >= 0.6 is 15.9 Å². The molecule has 0 spiro atoms. The number of carbonyl (C=O) groups excluding carboxylic acids is 3. The number of esters is 1. The van der Waals surface area contributed by atoms with E-state index in [4.69, 9.17) is 9.47 Å². The van der Waals surface area contributed by atoms with Crippen molar-refractivity contribution >= 4 is 39.4 Å². The fourth-order valence-electron chi connectivity index (χ4n) is 3.75. The third kappa shape index (κ3) is 2.01. The van der Waals surface area contributed by atoms with E-state index < -0.39 is 29.5 Å². The number of hydrogen-bond acceptors (Lipinski definition) is 5. The van der Waals surface area contributed by atoms with Crippen molar-refractivity contribution in [2.45, 2.75) is 18.6 Å². The molecule has 2 fully saturated rings. The number of hydrogen-bond donors (Lipinski definition) is 0. The van der Waals surface area contributed by atoms with Crippen LogP contribution in [0.1, 0.15) is 6.92 Å². The molecule has 1 aromatic rings. The van der Waals surface area contributed by atoms with E-state index in [9.17, 15) is 14.4 Å². The maximum Gasteiger partial charge on any atom is 0.302 e. The first-order valence-electron chi connectivity index (χ1n) is 7.57. The third-order valence-electron chi connectivity index (χ3n) is 4.75. The highest BCUT2D eigenvalue weighted by Gasteiger charge is 2.68. The maximum absolute atomic E-state index is 13.0. The zero-order chi connectivity index (χ0) is 17.1. The molecule has 0 aliphatic carbocycles. The van der Waals surface area contributed by atoms with Gasteiger partial charge in [-0.25, -0.2) is 4.90 Å². The summed E-state index contributed by atoms with van der Waals surface area (Å²) in [6, 6.07) is 7.08. The minimum Gasteiger partial charge on any atom is -0.462 e. The summed E-state index contributed by atoms with van der Waals surface area (Å²) in [7, 11) is 0. The van der Waals surface area contributed by atoms with Crippen molar-refractivity contribution in [2.24, 2.45) is 11.8 Å². The van der Waals surface area contributed by atoms with Gasteiger partial charge >= 0.3 is 5.97 Å². The quantitative estimate of drug-likeness (QED) is 0.446. The van der Waals surface area contributed by atoms with Gasteiger partial charge in [-0.05, 0) is 34.1 Å². The molecule has 0 saturated carbocycles. The molecular formula is C17H14BrNO5. The van der Waals surface area contributed by atoms with E-state index >= 15 is 0 Å². The zero-order valence-electron chi connectivity index (χ0n) is 12.8. The SMILES string of the molecule is CC(=O)OC[C@@]12C=C[C@@H](O1)[C@H]1C(=O)N(c3ccccc3Br)C(=O)[C@H]12. The van der Waals surface area contributed by atoms with Crippen LogP contribution in [0.5, 0.6) is 0 Å². The number of amides is 2. The normalized spacial score (nSPS) is 33.2. The van der Waals surface area contributed by atoms with Crippen LogP contribution in [0.2, 0.25) is 0 Å². The van der Waals surface area contributed by atoms with E-state index in [1.807, 2.05) is 6.07 Å². The number of para-hydroxylation sites is 1. The van der Waals surface area contributed by atoms with E-state index in [0.717, 1.165) is 0 Å². The maximum atomic E-state index is 13.0. The lowest BCUT2D eigenvalue weighted by Crippen LogP contribution is -2.44. The number of fused-ring (bicyclic) bond motifs is 5. The van der Waals surface area contributed by atoms with E-state index in [2.05, 4.69) is 15.9 Å². The molecule has 1 aromatic carbocycles. The Morgan fingerprint density at radius 1 is 1.33 bits per heavy atom. The number of nitrogens with zero attached hydrogens (tertiary/aromatic N) is 1. The predicted molar refractivity (Wildman–Crippen MR) is 87.0 cm³/mol. The molecule has 0 radical (unpaired) electrons. The largest absolute Gasteiger partial charge is 0.462 e. The Morgan fingerprint density at radius 2 is 2.08 bits per heavy atom. The van der Waals surface area contributed by atoms with Gasteiger partial charge < -0.3 is 9.47 Å². The Hall–Kier alpha value is -1.99. The van der Waals surface area contributed by atoms with Gasteiger partial charge in [-0.3, -0.25) is 14.4 Å². The molecule has 3 heterocycles. The van der Waals surface area contributed by atoms with Gasteiger partial charge in [0.05, 0.1) is 23.6 Å². The molecule has 4 atom stereocenters. The third-order valence-corrected chi connectivity index (χ3v) is 5.42. The second-order valence-corrected chi connectivity index (χ2v) is 7.00. The van der Waals surface area contributed by atoms with Gasteiger partial charge in [-0.15, -0.1) is 0 Å². The standard InChI is InChI=1S/C17H14BrNO5/c1-9(20)23-8-17-7-6-12(24-17)13-14(17)16(22)19(15(13)21)11-5-3-2-4-10(11)18/h2-7,12-14H,8H2,1H3/t12-,13-,14+,17-/m1/s1. The van der Waals surface area contributed by atoms with Crippen molar-refractivity contribution in [3.8, 4) is 0 Å². The van der Waals surface area contributed by atoms with E-state index in [-0.39, 0.29) is 18.4 Å². The fourth-order valence-corrected chi connectivity index (χ4v) is 4.21. The van der Waals surface area contributed by atoms with Crippen molar-refractivity contribution in [2.75, 3.05) is 11.5 Å². The van der Waals surface area contributed by atoms with Gasteiger partial charge in [-0.2, -0.15) is 0 Å². The molecule has 0 unspecified atom stereocenters. The molecule has 6 nitrogen and oxygen atoms in total. The lowest BCUT2D eigenvalue weighted by Gasteiger charge is -2.28. The van der Waals surface area contributed by atoms with Gasteiger partial charge in [0.1, 0.15) is 12.2 Å². The van der Waals surface area contributed by atoms with Crippen LogP contribution in [0.4, 0.5) is 5.69 Å². The highest BCUT2D eigenvalue weighted by molar-refractivity contribution is 9.10. The first-order chi connectivity index (χ1) is 11.4. The first-order valence-corrected chi connectivity index (χ1v) is 8.37. The van der Waals surface area contributed by atoms with Crippen LogP contribution < -0.4 is 4.90 Å². The first kappa shape index (κ1) is 15.5. The van der Waals surface area contributed by atoms with Crippen molar-refractivity contribution in [3.05, 3.63) is 40.9 Å². The predicted octanol–water partition coefficient (Wildman–Crippen LogP) is 1.83. The number of halogens is 1. The second-order valence-electron chi connectivity index (χ2n) is 6.14. The summed E-state index contributed by atoms with van der Waals surface area (Å²) in [5.74, 6) is -2.31. The Morgan fingerprint density at radius 3 is 2.79 bits per heavy atom. The summed E-state index contributed by atoms with van der Waals surface area (Å²) in [5, 5.41) is 0. The molecule has 2 bridgehead atoms. The van der Waals surface area contributed by atoms with Crippen molar-refractivity contribution in [1.29, 1.82) is 0 Å². The van der Waals surface area contributed by atoms with Crippen LogP contribution in [0, 0.1) is 11.8 Å². The summed E-state index contributed by atoms with van der Waals surface area (Å²) in [6.07, 6.45) is 3.06. The molecule has 3 aliphatic heterocycles. The second kappa shape index (κ2) is 5.26. The number of imide groups is 1. The summed E-state index contributed by atoms with van der Waals surface area (Å²) < 4.78 is 11.6. The summed E-state index contributed by atoms with van der Waals surface area (Å²) in [5.41, 5.74) is -0.534. The number of carbonyl (C=O) groups is 3. The molecule has 3 aliphatic rings. The van der Waals surface area contributed by atoms with Gasteiger partial charge in [-0.1, -0.05) is 18.2 Å². The van der Waals surface area contributed by atoms with Crippen LogP contribution in [-0.2, 0) is 23.9 Å². The Labute approximate surface area is 146 Å². The molecule has 4 rings (SSSR count). The molecule has 7 heteroatoms. The lowest BCUT2D eigenvalue weighted by atomic mass is 9.77. The highest BCUT2D eigenvalue weighted by Crippen LogP contribution is 2.53. The van der Waals surface area contributed by atoms with Gasteiger partial charge in [0.15, 0.2) is 0 Å². The number of rotatable bonds is 3. The highest BCUT2D eigenvalue weighted by atomic mass is 79.9. The van der Waals surface area contributed by atoms with E-state index in [1.165, 1.54) is 11.8 Å². The van der Waals surface area contributed by atoms with Crippen LogP contribution in [0.15, 0.2) is 40.9 Å². The van der Waals surface area contributed by atoms with Gasteiger partial charge in [0.2, 0.25) is 11.8 Å². The molecular weight excluding hydrogens is 378 g/mol. The van der Waals surface area contributed by atoms with Crippen molar-refractivity contribution < 1.29 is 23.9 Å². The van der Waals surface area contributed by atoms with Crippen molar-refractivity contribution in [1.82, 2.24) is 0 Å². The average molecular weight is 392 g/mol. The Balaban J connectivity index is 1.72. The van der Waals surface area contributed by atoms with Crippen LogP contribution in [0.3, 0.4) is 0 Å². The number of ether oxygens (including phenoxy) is 2. The minimum atomic E-state index is -1.05. The summed E-state index contributed by atoms with van der Waals surface area (Å²) in [4.78, 5) is 38.3. The van der Waals surface area contributed by atoms with Crippen LogP contribution in [0.25, 0.3) is 0 Å². The topological polar surface area (TPSA) is 72.9 Å². The monoisotopic (exact) mass is 391 g/mol.